The number of pyridine rings is 1. The number of H-pyrrole nitrogens is 1. The summed E-state index contributed by atoms with van der Waals surface area (Å²) >= 11 is 6.28. The Morgan fingerprint density at radius 3 is 2.57 bits per heavy atom. The molecule has 4 rings (SSSR count). The summed E-state index contributed by atoms with van der Waals surface area (Å²) in [7, 11) is 2.71. The highest BCUT2D eigenvalue weighted by Gasteiger charge is 2.15. The third kappa shape index (κ3) is 3.48. The minimum absolute atomic E-state index is 0.211. The molecule has 28 heavy (non-hydrogen) atoms. The summed E-state index contributed by atoms with van der Waals surface area (Å²) in [6.45, 7) is 0. The third-order valence-corrected chi connectivity index (χ3v) is 5.60. The Morgan fingerprint density at radius 1 is 1.14 bits per heavy atom. The Balaban J connectivity index is 1.81. The van der Waals surface area contributed by atoms with E-state index in [0.717, 1.165) is 6.26 Å². The lowest BCUT2D eigenvalue weighted by molar-refractivity contribution is 0.486. The molecule has 1 N–H and O–H groups in total. The molecule has 6 nitrogen and oxygen atoms in total. The molecule has 2 aromatic heterocycles. The number of hydrogen-bond acceptors (Lipinski definition) is 5. The highest BCUT2D eigenvalue weighted by Crippen LogP contribution is 2.35. The second-order valence-electron chi connectivity index (χ2n) is 6.19. The summed E-state index contributed by atoms with van der Waals surface area (Å²) in [4.78, 5) is 4.54. The molecule has 138 valence electrons. The van der Waals surface area contributed by atoms with Crippen molar-refractivity contribution in [3.05, 3.63) is 59.8 Å². The standard InChI is InChI=1S/C19H13BClN3O3S/c1-28(25,26)13-6-4-12(5-7-13)27-16-10-11(17-15(21)3-2-8-22-17)9-14-18(16)23-24-19(14)20/h2-10H,1H3,(H,23,24). The summed E-state index contributed by atoms with van der Waals surface area (Å²) < 4.78 is 29.2. The van der Waals surface area contributed by atoms with Crippen LogP contribution < -0.4 is 10.3 Å². The summed E-state index contributed by atoms with van der Waals surface area (Å²) in [5, 5.41) is 8.11. The summed E-state index contributed by atoms with van der Waals surface area (Å²) in [5.74, 6) is 0.897. The van der Waals surface area contributed by atoms with Crippen LogP contribution in [-0.2, 0) is 9.84 Å². The maximum absolute atomic E-state index is 11.6. The number of rotatable bonds is 4. The van der Waals surface area contributed by atoms with Crippen LogP contribution in [0.15, 0.2) is 59.6 Å². The first-order chi connectivity index (χ1) is 13.3. The van der Waals surface area contributed by atoms with Gasteiger partial charge >= 0.3 is 0 Å². The number of hydrogen-bond donors (Lipinski definition) is 1. The average Bonchev–Trinajstić information content (AvgIpc) is 3.03. The first-order valence-corrected chi connectivity index (χ1v) is 10.5. The van der Waals surface area contributed by atoms with Gasteiger partial charge in [0.1, 0.15) is 19.1 Å². The van der Waals surface area contributed by atoms with Crippen molar-refractivity contribution in [2.24, 2.45) is 0 Å². The van der Waals surface area contributed by atoms with Crippen LogP contribution in [0.1, 0.15) is 0 Å². The number of aromatic nitrogens is 3. The van der Waals surface area contributed by atoms with Gasteiger partial charge in [-0.1, -0.05) is 11.6 Å². The van der Waals surface area contributed by atoms with E-state index in [1.807, 2.05) is 6.07 Å². The van der Waals surface area contributed by atoms with E-state index >= 15 is 0 Å². The normalized spacial score (nSPS) is 11.6. The van der Waals surface area contributed by atoms with Gasteiger partial charge in [0.15, 0.2) is 15.6 Å². The molecule has 2 heterocycles. The molecule has 0 amide bonds. The van der Waals surface area contributed by atoms with Gasteiger partial charge < -0.3 is 4.74 Å². The highest BCUT2D eigenvalue weighted by atomic mass is 35.5. The second kappa shape index (κ2) is 6.96. The first-order valence-electron chi connectivity index (χ1n) is 8.19. The Bertz CT molecular complexity index is 1290. The predicted molar refractivity (Wildman–Crippen MR) is 109 cm³/mol. The summed E-state index contributed by atoms with van der Waals surface area (Å²) in [6, 6.07) is 13.2. The molecule has 0 spiro atoms. The fourth-order valence-electron chi connectivity index (χ4n) is 2.80. The van der Waals surface area contributed by atoms with E-state index in [1.165, 1.54) is 12.1 Å². The van der Waals surface area contributed by atoms with E-state index in [9.17, 15) is 8.42 Å². The molecule has 0 aliphatic carbocycles. The molecule has 0 aliphatic rings. The van der Waals surface area contributed by atoms with Crippen LogP contribution in [0.2, 0.25) is 5.02 Å². The second-order valence-corrected chi connectivity index (χ2v) is 8.61. The molecular weight excluding hydrogens is 397 g/mol. The van der Waals surface area contributed by atoms with Gasteiger partial charge in [-0.05, 0) is 54.1 Å². The lowest BCUT2D eigenvalue weighted by Crippen LogP contribution is -2.03. The molecule has 4 aromatic rings. The van der Waals surface area contributed by atoms with Crippen molar-refractivity contribution in [3.8, 4) is 22.8 Å². The van der Waals surface area contributed by atoms with Crippen molar-refractivity contribution >= 4 is 45.8 Å². The van der Waals surface area contributed by atoms with Crippen LogP contribution in [0.5, 0.6) is 11.5 Å². The molecular formula is C19H13BClN3O3S. The number of aromatic amines is 1. The van der Waals surface area contributed by atoms with E-state index in [0.29, 0.717) is 44.3 Å². The van der Waals surface area contributed by atoms with Crippen LogP contribution in [0.25, 0.3) is 22.2 Å². The largest absolute Gasteiger partial charge is 0.455 e. The smallest absolute Gasteiger partial charge is 0.175 e. The van der Waals surface area contributed by atoms with Crippen molar-refractivity contribution in [1.29, 1.82) is 0 Å². The lowest BCUT2D eigenvalue weighted by atomic mass is 9.97. The molecule has 0 unspecified atom stereocenters. The van der Waals surface area contributed by atoms with E-state index in [-0.39, 0.29) is 4.90 Å². The van der Waals surface area contributed by atoms with Crippen LogP contribution in [-0.4, -0.2) is 37.7 Å². The van der Waals surface area contributed by atoms with Crippen LogP contribution >= 0.6 is 11.6 Å². The van der Waals surface area contributed by atoms with Gasteiger partial charge in [0.25, 0.3) is 0 Å². The number of halogens is 1. The number of sulfone groups is 1. The minimum atomic E-state index is -3.28. The molecule has 0 bridgehead atoms. The van der Waals surface area contributed by atoms with Gasteiger partial charge in [-0.15, -0.1) is 0 Å². The van der Waals surface area contributed by atoms with E-state index in [4.69, 9.17) is 24.2 Å². The van der Waals surface area contributed by atoms with Crippen LogP contribution in [0.3, 0.4) is 0 Å². The Morgan fingerprint density at radius 2 is 1.89 bits per heavy atom. The molecule has 0 saturated heterocycles. The summed E-state index contributed by atoms with van der Waals surface area (Å²) in [6.07, 6.45) is 2.80. The summed E-state index contributed by atoms with van der Waals surface area (Å²) in [5.41, 5.74) is 2.24. The number of benzene rings is 2. The maximum Gasteiger partial charge on any atom is 0.175 e. The SMILES string of the molecule is [B]c1[nH]nc2c(Oc3ccc(S(C)(=O)=O)cc3)cc(-c3ncccc3Cl)cc12. The van der Waals surface area contributed by atoms with Crippen LogP contribution in [0, 0.1) is 0 Å². The van der Waals surface area contributed by atoms with E-state index in [2.05, 4.69) is 15.2 Å². The monoisotopic (exact) mass is 409 g/mol. The quantitative estimate of drug-likeness (QED) is 0.523. The molecule has 0 atom stereocenters. The van der Waals surface area contributed by atoms with Gasteiger partial charge in [0.2, 0.25) is 0 Å². The fourth-order valence-corrected chi connectivity index (χ4v) is 3.66. The number of nitrogens with zero attached hydrogens (tertiary/aromatic N) is 2. The van der Waals surface area contributed by atoms with Crippen molar-refractivity contribution < 1.29 is 13.2 Å². The molecule has 0 fully saturated rings. The van der Waals surface area contributed by atoms with Crippen molar-refractivity contribution in [3.63, 3.8) is 0 Å². The third-order valence-electron chi connectivity index (χ3n) is 4.16. The van der Waals surface area contributed by atoms with Gasteiger partial charge in [-0.3, -0.25) is 10.1 Å². The Kier molecular flexibility index (Phi) is 4.60. The van der Waals surface area contributed by atoms with Crippen molar-refractivity contribution in [2.45, 2.75) is 4.90 Å². The first kappa shape index (κ1) is 18.5. The number of fused-ring (bicyclic) bond motifs is 1. The fraction of sp³-hybridized carbons (Fsp3) is 0.0526. The minimum Gasteiger partial charge on any atom is -0.455 e. The van der Waals surface area contributed by atoms with Gasteiger partial charge in [0, 0.05) is 23.4 Å². The van der Waals surface area contributed by atoms with Gasteiger partial charge in [-0.25, -0.2) is 8.42 Å². The molecule has 9 heteroatoms. The van der Waals surface area contributed by atoms with E-state index in [1.54, 1.807) is 36.5 Å². The predicted octanol–water partition coefficient (Wildman–Crippen LogP) is 3.27. The number of nitrogens with one attached hydrogen (secondary N) is 1. The topological polar surface area (TPSA) is 84.9 Å². The lowest BCUT2D eigenvalue weighted by Gasteiger charge is -2.10. The van der Waals surface area contributed by atoms with Crippen molar-refractivity contribution in [1.82, 2.24) is 15.2 Å². The Hall–Kier alpha value is -2.84. The maximum atomic E-state index is 11.6. The van der Waals surface area contributed by atoms with Gasteiger partial charge in [-0.2, -0.15) is 5.10 Å². The van der Waals surface area contributed by atoms with Gasteiger partial charge in [0.05, 0.1) is 15.6 Å². The zero-order valence-electron chi connectivity index (χ0n) is 14.7. The zero-order valence-corrected chi connectivity index (χ0v) is 16.3. The molecule has 2 radical (unpaired) electrons. The zero-order chi connectivity index (χ0) is 19.9. The van der Waals surface area contributed by atoms with E-state index < -0.39 is 9.84 Å². The highest BCUT2D eigenvalue weighted by molar-refractivity contribution is 7.90. The number of ether oxygens (including phenoxy) is 1. The molecule has 0 aliphatic heterocycles. The molecule has 0 saturated carbocycles. The van der Waals surface area contributed by atoms with Crippen molar-refractivity contribution in [2.75, 3.05) is 6.26 Å². The molecule has 2 aromatic carbocycles. The van der Waals surface area contributed by atoms with Crippen LogP contribution in [0.4, 0.5) is 0 Å². The average molecular weight is 410 g/mol. The Labute approximate surface area is 167 Å².